The average molecular weight is 317 g/mol. The van der Waals surface area contributed by atoms with Crippen LogP contribution >= 0.6 is 23.2 Å². The van der Waals surface area contributed by atoms with Gasteiger partial charge >= 0.3 is 0 Å². The number of pyridine rings is 1. The van der Waals surface area contributed by atoms with Crippen LogP contribution in [0.4, 0.5) is 0 Å². The summed E-state index contributed by atoms with van der Waals surface area (Å²) in [4.78, 5) is 16.2. The fourth-order valence-electron chi connectivity index (χ4n) is 2.85. The van der Waals surface area contributed by atoms with Gasteiger partial charge in [0.2, 0.25) is 0 Å². The van der Waals surface area contributed by atoms with E-state index in [4.69, 9.17) is 23.2 Å². The number of amides is 1. The molecular weight excluding hydrogens is 299 g/mol. The largest absolute Gasteiger partial charge is 0.394 e. The first-order valence-electron chi connectivity index (χ1n) is 6.71. The zero-order valence-corrected chi connectivity index (χ0v) is 12.8. The zero-order valence-electron chi connectivity index (χ0n) is 11.3. The number of halogens is 2. The Bertz CT molecular complexity index is 510. The number of carbonyl (C=O) groups is 1. The van der Waals surface area contributed by atoms with E-state index in [1.165, 1.54) is 6.07 Å². The summed E-state index contributed by atoms with van der Waals surface area (Å²) < 4.78 is 0. The van der Waals surface area contributed by atoms with Crippen LogP contribution in [0.5, 0.6) is 0 Å². The van der Waals surface area contributed by atoms with Crippen LogP contribution in [0.25, 0.3) is 0 Å². The SMILES string of the molecule is CC1CCCC(CO)(NC(=O)c2ccc(Cl)nc2Cl)C1. The minimum Gasteiger partial charge on any atom is -0.394 e. The molecule has 2 unspecified atom stereocenters. The van der Waals surface area contributed by atoms with Gasteiger partial charge in [0.1, 0.15) is 10.3 Å². The first kappa shape index (κ1) is 15.5. The number of hydrogen-bond donors (Lipinski definition) is 2. The van der Waals surface area contributed by atoms with Crippen LogP contribution < -0.4 is 5.32 Å². The lowest BCUT2D eigenvalue weighted by Gasteiger charge is -2.39. The number of aromatic nitrogens is 1. The number of nitrogens with zero attached hydrogens (tertiary/aromatic N) is 1. The number of carbonyl (C=O) groups excluding carboxylic acids is 1. The molecule has 6 heteroatoms. The Morgan fingerprint density at radius 2 is 2.30 bits per heavy atom. The number of rotatable bonds is 3. The molecule has 2 atom stereocenters. The van der Waals surface area contributed by atoms with E-state index in [-0.39, 0.29) is 28.4 Å². The highest BCUT2D eigenvalue weighted by Crippen LogP contribution is 2.32. The highest BCUT2D eigenvalue weighted by molar-refractivity contribution is 6.34. The van der Waals surface area contributed by atoms with Crippen molar-refractivity contribution < 1.29 is 9.90 Å². The third-order valence-electron chi connectivity index (χ3n) is 3.83. The molecule has 1 aromatic heterocycles. The van der Waals surface area contributed by atoms with Crippen LogP contribution in [0.1, 0.15) is 43.0 Å². The van der Waals surface area contributed by atoms with E-state index in [2.05, 4.69) is 17.2 Å². The molecule has 110 valence electrons. The summed E-state index contributed by atoms with van der Waals surface area (Å²) in [6.45, 7) is 2.06. The summed E-state index contributed by atoms with van der Waals surface area (Å²) >= 11 is 11.7. The van der Waals surface area contributed by atoms with Crippen LogP contribution in [-0.2, 0) is 0 Å². The number of aliphatic hydroxyl groups excluding tert-OH is 1. The Kier molecular flexibility index (Phi) is 4.89. The van der Waals surface area contributed by atoms with Crippen molar-refractivity contribution in [2.45, 2.75) is 38.1 Å². The third kappa shape index (κ3) is 3.43. The quantitative estimate of drug-likeness (QED) is 0.842. The molecule has 20 heavy (non-hydrogen) atoms. The second-order valence-corrected chi connectivity index (χ2v) is 6.31. The van der Waals surface area contributed by atoms with Crippen molar-refractivity contribution in [3.05, 3.63) is 28.0 Å². The summed E-state index contributed by atoms with van der Waals surface area (Å²) in [7, 11) is 0. The van der Waals surface area contributed by atoms with E-state index >= 15 is 0 Å². The maximum Gasteiger partial charge on any atom is 0.254 e. The first-order chi connectivity index (χ1) is 9.46. The van der Waals surface area contributed by atoms with E-state index < -0.39 is 5.54 Å². The molecule has 0 saturated heterocycles. The molecular formula is C14H18Cl2N2O2. The lowest BCUT2D eigenvalue weighted by molar-refractivity contribution is 0.0697. The topological polar surface area (TPSA) is 62.2 Å². The molecule has 1 amide bonds. The van der Waals surface area contributed by atoms with Gasteiger partial charge in [-0.1, -0.05) is 43.0 Å². The zero-order chi connectivity index (χ0) is 14.8. The summed E-state index contributed by atoms with van der Waals surface area (Å²) in [5, 5.41) is 12.9. The molecule has 2 N–H and O–H groups in total. The van der Waals surface area contributed by atoms with Crippen LogP contribution in [0.15, 0.2) is 12.1 Å². The van der Waals surface area contributed by atoms with Gasteiger partial charge in [-0.3, -0.25) is 4.79 Å². The molecule has 0 bridgehead atoms. The molecule has 1 aliphatic carbocycles. The predicted molar refractivity (Wildman–Crippen MR) is 79.2 cm³/mol. The Labute approximate surface area is 128 Å². The van der Waals surface area contributed by atoms with Crippen LogP contribution in [0, 0.1) is 5.92 Å². The van der Waals surface area contributed by atoms with Crippen molar-refractivity contribution in [1.29, 1.82) is 0 Å². The Balaban J connectivity index is 2.16. The van der Waals surface area contributed by atoms with Gasteiger partial charge < -0.3 is 10.4 Å². The standard InChI is InChI=1S/C14H18Cl2N2O2/c1-9-3-2-6-14(7-9,8-19)18-13(20)10-4-5-11(15)17-12(10)16/h4-5,9,19H,2-3,6-8H2,1H3,(H,18,20). The molecule has 4 nitrogen and oxygen atoms in total. The Morgan fingerprint density at radius 3 is 2.90 bits per heavy atom. The van der Waals surface area contributed by atoms with Crippen molar-refractivity contribution in [2.24, 2.45) is 5.92 Å². The van der Waals surface area contributed by atoms with Crippen molar-refractivity contribution in [2.75, 3.05) is 6.61 Å². The highest BCUT2D eigenvalue weighted by Gasteiger charge is 2.36. The molecule has 1 saturated carbocycles. The predicted octanol–water partition coefficient (Wildman–Crippen LogP) is 3.06. The van der Waals surface area contributed by atoms with E-state index in [9.17, 15) is 9.90 Å². The van der Waals surface area contributed by atoms with Gasteiger partial charge in [-0.05, 0) is 30.9 Å². The van der Waals surface area contributed by atoms with E-state index in [0.29, 0.717) is 5.92 Å². The maximum absolute atomic E-state index is 12.3. The van der Waals surface area contributed by atoms with Crippen LogP contribution in [-0.4, -0.2) is 28.1 Å². The molecule has 1 aliphatic rings. The van der Waals surface area contributed by atoms with Gasteiger partial charge in [0.25, 0.3) is 5.91 Å². The van der Waals surface area contributed by atoms with Gasteiger partial charge in [0.05, 0.1) is 17.7 Å². The first-order valence-corrected chi connectivity index (χ1v) is 7.47. The summed E-state index contributed by atoms with van der Waals surface area (Å²) in [5.41, 5.74) is -0.278. The normalized spacial score (nSPS) is 26.3. The second kappa shape index (κ2) is 6.29. The van der Waals surface area contributed by atoms with Gasteiger partial charge in [0, 0.05) is 0 Å². The molecule has 0 spiro atoms. The molecule has 0 radical (unpaired) electrons. The summed E-state index contributed by atoms with van der Waals surface area (Å²) in [5.74, 6) is 0.164. The molecule has 0 aliphatic heterocycles. The number of hydrogen-bond acceptors (Lipinski definition) is 3. The lowest BCUT2D eigenvalue weighted by Crippen LogP contribution is -2.53. The van der Waals surface area contributed by atoms with Crippen molar-refractivity contribution in [1.82, 2.24) is 10.3 Å². The smallest absolute Gasteiger partial charge is 0.254 e. The number of nitrogens with one attached hydrogen (secondary N) is 1. The monoisotopic (exact) mass is 316 g/mol. The van der Waals surface area contributed by atoms with Crippen LogP contribution in [0.3, 0.4) is 0 Å². The van der Waals surface area contributed by atoms with Gasteiger partial charge in [-0.2, -0.15) is 0 Å². The van der Waals surface area contributed by atoms with Gasteiger partial charge in [-0.15, -0.1) is 0 Å². The van der Waals surface area contributed by atoms with Gasteiger partial charge in [-0.25, -0.2) is 4.98 Å². The third-order valence-corrected chi connectivity index (χ3v) is 4.33. The second-order valence-electron chi connectivity index (χ2n) is 5.57. The Morgan fingerprint density at radius 1 is 1.55 bits per heavy atom. The van der Waals surface area contributed by atoms with Crippen LogP contribution in [0.2, 0.25) is 10.3 Å². The highest BCUT2D eigenvalue weighted by atomic mass is 35.5. The minimum atomic E-state index is -0.558. The molecule has 0 aromatic carbocycles. The fraction of sp³-hybridized carbons (Fsp3) is 0.571. The van der Waals surface area contributed by atoms with E-state index in [0.717, 1.165) is 25.7 Å². The van der Waals surface area contributed by atoms with Crippen molar-refractivity contribution in [3.8, 4) is 0 Å². The van der Waals surface area contributed by atoms with E-state index in [1.807, 2.05) is 0 Å². The average Bonchev–Trinajstić information content (AvgIpc) is 2.38. The van der Waals surface area contributed by atoms with E-state index in [1.54, 1.807) is 6.07 Å². The fourth-order valence-corrected chi connectivity index (χ4v) is 3.28. The molecule has 1 fully saturated rings. The Hall–Kier alpha value is -0.840. The van der Waals surface area contributed by atoms with Gasteiger partial charge in [0.15, 0.2) is 0 Å². The van der Waals surface area contributed by atoms with Crippen molar-refractivity contribution >= 4 is 29.1 Å². The summed E-state index contributed by atoms with van der Waals surface area (Å²) in [6, 6.07) is 3.07. The summed E-state index contributed by atoms with van der Waals surface area (Å²) in [6.07, 6.45) is 3.67. The molecule has 1 heterocycles. The minimum absolute atomic E-state index is 0.0677. The van der Waals surface area contributed by atoms with Crippen molar-refractivity contribution in [3.63, 3.8) is 0 Å². The maximum atomic E-state index is 12.3. The number of aliphatic hydroxyl groups is 1. The lowest BCUT2D eigenvalue weighted by atomic mass is 9.76. The molecule has 1 aromatic rings. The molecule has 2 rings (SSSR count).